The second-order valence-electron chi connectivity index (χ2n) is 39.3. The molecule has 648 valence electrons. The topological polar surface area (TPSA) is 199 Å². The van der Waals surface area contributed by atoms with Gasteiger partial charge in [-0.1, -0.05) is 222 Å². The molecule has 0 aromatic heterocycles. The SMILES string of the molecule is C/C=C/C(=O)OC(C)(C)C(C)(C)C.C=CC(=O)OC(C)(C)C(C)(C)C.C=CC(=O)OCC(C)(C)C.C=CCN(CC(C)(C)C)C(=O)/C=C/CN(C)C.CCN(CC(C)(C)C)C(=O)/C=C/CN(C)C.CN(C)C/C=C/C(=O)C(C)(C)C.CN(C)C/C=C/C(=O)N(C)CC(C)(C)C.CN(C)C/C=C/C(=O)OC(C)(C)C(C)(C)C. The zero-order chi connectivity index (χ0) is 90.0. The molecule has 0 aliphatic heterocycles. The van der Waals surface area contributed by atoms with Crippen LogP contribution in [0, 0.1) is 43.3 Å². The van der Waals surface area contributed by atoms with Crippen LogP contribution < -0.4 is 0 Å². The predicted octanol–water partition coefficient (Wildman–Crippen LogP) is 17.2. The van der Waals surface area contributed by atoms with Gasteiger partial charge in [-0.25, -0.2) is 19.2 Å². The Morgan fingerprint density at radius 2 is 0.604 bits per heavy atom. The van der Waals surface area contributed by atoms with Crippen molar-refractivity contribution in [2.45, 2.75) is 238 Å². The van der Waals surface area contributed by atoms with Crippen molar-refractivity contribution in [2.75, 3.05) is 150 Å². The lowest BCUT2D eigenvalue weighted by Crippen LogP contribution is -2.40. The number of nitrogens with zero attached hydrogens (tertiary/aromatic N) is 8. The standard InChI is InChI=1S/C14H26N2O.C13H26N2O.C13H25NO2.C12H24N2O.C11H20O2.C10H19NO.C10H18O2.C8H14O2/c1-7-10-16(12-14(2,3)4)13(17)9-8-11-15(5)6;1-7-15(11-13(2,3)4)12(16)9-8-10-14(5)6;1-12(2,3)13(4,5)16-11(15)9-8-10-14(6)7;1-12(2,3)10-14(6)11(15)8-7-9-13(4)5;1-7-8-9(12)13-11(5,6)10(2,3)4;1-10(2,3)9(12)7-6-8-11(4)5;1-7-8(11)12-10(5,6)9(2,3)4;1-5-7(9)10-6-8(2,3)4/h7-9H,1,10-12H2,2-6H3;8-9H,7,10-11H2,1-6H3;8-9H,10H2,1-7H3;7-8H,9-10H2,1-6H3;7-8H,1-6H3;6-7H,8H2,1-5H3;7H,1H2,2-6H3;5H,1,6H2,2-4H3/b3*9-8+;2*8-7+;7-6+;;. The first-order valence-corrected chi connectivity index (χ1v) is 38.8. The fourth-order valence-corrected chi connectivity index (χ4v) is 6.89. The number of likely N-dealkylation sites (N-methyl/N-ethyl adjacent to an activating group) is 7. The molecule has 0 aliphatic carbocycles. The summed E-state index contributed by atoms with van der Waals surface area (Å²) in [7, 11) is 21.6. The van der Waals surface area contributed by atoms with Crippen molar-refractivity contribution in [3.8, 4) is 0 Å². The van der Waals surface area contributed by atoms with Crippen molar-refractivity contribution in [1.29, 1.82) is 0 Å². The number of carbonyl (C=O) groups is 8. The lowest BCUT2D eigenvalue weighted by Gasteiger charge is -2.37. The fraction of sp³-hybridized carbons (Fsp3) is 0.714. The molecule has 0 bridgehead atoms. The summed E-state index contributed by atoms with van der Waals surface area (Å²) in [6, 6.07) is 0. The van der Waals surface area contributed by atoms with Crippen LogP contribution in [0.4, 0.5) is 0 Å². The number of hydrogen-bond donors (Lipinski definition) is 0. The van der Waals surface area contributed by atoms with Gasteiger partial charge in [0.2, 0.25) is 17.7 Å². The molecule has 0 unspecified atom stereocenters. The quantitative estimate of drug-likeness (QED) is 0.0310. The van der Waals surface area contributed by atoms with Crippen LogP contribution in [0.1, 0.15) is 222 Å². The van der Waals surface area contributed by atoms with Gasteiger partial charge in [-0.3, -0.25) is 19.2 Å². The van der Waals surface area contributed by atoms with Crippen molar-refractivity contribution in [3.63, 3.8) is 0 Å². The van der Waals surface area contributed by atoms with E-state index in [2.05, 4.69) is 124 Å². The smallest absolute Gasteiger partial charge is 0.331 e. The molecule has 0 aliphatic rings. The number of carbonyl (C=O) groups excluding carboxylic acids is 8. The molecule has 111 heavy (non-hydrogen) atoms. The molecule has 0 saturated heterocycles. The summed E-state index contributed by atoms with van der Waals surface area (Å²) < 4.78 is 20.7. The molecule has 0 atom stereocenters. The minimum absolute atomic E-state index is 0.0403. The van der Waals surface area contributed by atoms with Crippen LogP contribution in [0.2, 0.25) is 0 Å². The van der Waals surface area contributed by atoms with E-state index in [9.17, 15) is 38.4 Å². The first-order valence-electron chi connectivity index (χ1n) is 38.8. The Morgan fingerprint density at radius 1 is 0.324 bits per heavy atom. The molecule has 0 spiro atoms. The zero-order valence-electron chi connectivity index (χ0n) is 79.5. The Labute approximate surface area is 682 Å². The van der Waals surface area contributed by atoms with Crippen LogP contribution in [0.25, 0.3) is 0 Å². The highest BCUT2D eigenvalue weighted by atomic mass is 16.6. The van der Waals surface area contributed by atoms with E-state index in [0.717, 1.165) is 58.9 Å². The predicted molar refractivity (Wildman–Crippen MR) is 472 cm³/mol. The van der Waals surface area contributed by atoms with Gasteiger partial charge in [-0.2, -0.15) is 0 Å². The van der Waals surface area contributed by atoms with Gasteiger partial charge in [0.1, 0.15) is 16.8 Å². The second kappa shape index (κ2) is 57.4. The maximum absolute atomic E-state index is 12.0. The summed E-state index contributed by atoms with van der Waals surface area (Å²) in [4.78, 5) is 107. The van der Waals surface area contributed by atoms with Crippen molar-refractivity contribution < 1.29 is 57.3 Å². The second-order valence-corrected chi connectivity index (χ2v) is 39.3. The fourth-order valence-electron chi connectivity index (χ4n) is 6.89. The Kier molecular flexibility index (Phi) is 62.2. The molecule has 0 N–H and O–H groups in total. The Morgan fingerprint density at radius 3 is 0.865 bits per heavy atom. The lowest BCUT2D eigenvalue weighted by atomic mass is 9.79. The van der Waals surface area contributed by atoms with Crippen LogP contribution in [-0.2, 0) is 57.3 Å². The third kappa shape index (κ3) is 78.5. The van der Waals surface area contributed by atoms with Gasteiger partial charge in [-0.15, -0.1) is 6.58 Å². The van der Waals surface area contributed by atoms with E-state index in [1.54, 1.807) is 54.4 Å². The van der Waals surface area contributed by atoms with E-state index in [1.807, 2.05) is 247 Å². The monoisotopic (exact) mass is 1570 g/mol. The summed E-state index contributed by atoms with van der Waals surface area (Å²) in [6.07, 6.45) is 24.8. The van der Waals surface area contributed by atoms with E-state index in [0.29, 0.717) is 13.2 Å². The van der Waals surface area contributed by atoms with E-state index in [1.165, 1.54) is 24.3 Å². The molecule has 20 heteroatoms. The van der Waals surface area contributed by atoms with Gasteiger partial charge in [0.25, 0.3) is 0 Å². The van der Waals surface area contributed by atoms with E-state index in [-0.39, 0.29) is 90.7 Å². The number of hydrogen-bond acceptors (Lipinski definition) is 17. The van der Waals surface area contributed by atoms with E-state index < -0.39 is 16.8 Å². The highest BCUT2D eigenvalue weighted by Crippen LogP contribution is 2.35. The minimum Gasteiger partial charge on any atom is -0.462 e. The van der Waals surface area contributed by atoms with E-state index in [4.69, 9.17) is 18.9 Å². The minimum atomic E-state index is -0.466. The normalized spacial score (nSPS) is 12.5. The number of ether oxygens (including phenoxy) is 4. The van der Waals surface area contributed by atoms with Gasteiger partial charge in [0.15, 0.2) is 5.78 Å². The third-order valence-corrected chi connectivity index (χ3v) is 15.9. The summed E-state index contributed by atoms with van der Waals surface area (Å²) in [6.45, 7) is 83.1. The first kappa shape index (κ1) is 120. The maximum atomic E-state index is 12.0. The largest absolute Gasteiger partial charge is 0.462 e. The number of rotatable bonds is 28. The maximum Gasteiger partial charge on any atom is 0.331 e. The van der Waals surface area contributed by atoms with Crippen molar-refractivity contribution in [1.82, 2.24) is 39.2 Å². The Bertz CT molecular complexity index is 2850. The molecule has 3 amide bonds. The number of ketones is 1. The van der Waals surface area contributed by atoms with Crippen LogP contribution in [-0.4, -0.2) is 253 Å². The summed E-state index contributed by atoms with van der Waals surface area (Å²) >= 11 is 0. The highest BCUT2D eigenvalue weighted by molar-refractivity contribution is 5.94. The van der Waals surface area contributed by atoms with Crippen molar-refractivity contribution in [3.05, 3.63) is 111 Å². The summed E-state index contributed by atoms with van der Waals surface area (Å²) in [5.74, 6) is -0.842. The highest BCUT2D eigenvalue weighted by Gasteiger charge is 2.38. The van der Waals surface area contributed by atoms with Gasteiger partial charge in [0, 0.05) is 137 Å². The average molecular weight is 1570 g/mol. The Balaban J connectivity index is -0.000000183. The molecule has 0 radical (unpaired) electrons. The molecule has 0 aromatic rings. The molecular formula is C91H172N8O12. The van der Waals surface area contributed by atoms with Crippen molar-refractivity contribution >= 4 is 47.4 Å². The molecule has 20 nitrogen and oxygen atoms in total. The van der Waals surface area contributed by atoms with Crippen molar-refractivity contribution in [2.24, 2.45) is 43.3 Å². The molecule has 0 rings (SSSR count). The molecule has 0 heterocycles. The molecule has 0 saturated carbocycles. The zero-order valence-corrected chi connectivity index (χ0v) is 79.5. The summed E-state index contributed by atoms with van der Waals surface area (Å²) in [5.41, 5.74) is -1.35. The van der Waals surface area contributed by atoms with Crippen LogP contribution in [0.3, 0.4) is 0 Å². The van der Waals surface area contributed by atoms with Gasteiger partial charge >= 0.3 is 23.9 Å². The number of allylic oxidation sites excluding steroid dienone is 2. The molecule has 0 aromatic carbocycles. The first-order chi connectivity index (χ1) is 49.5. The van der Waals surface area contributed by atoms with Crippen LogP contribution in [0.15, 0.2) is 111 Å². The lowest BCUT2D eigenvalue weighted by molar-refractivity contribution is -0.161. The molecular weight excluding hydrogens is 1400 g/mol. The number of esters is 4. The van der Waals surface area contributed by atoms with Crippen LogP contribution >= 0.6 is 0 Å². The molecule has 0 fully saturated rings. The number of amides is 3. The Hall–Kier alpha value is -6.58. The van der Waals surface area contributed by atoms with Gasteiger partial charge in [-0.05, 0) is 154 Å². The average Bonchev–Trinajstić information content (AvgIpc) is 0.845. The van der Waals surface area contributed by atoms with Gasteiger partial charge < -0.3 is 58.1 Å². The van der Waals surface area contributed by atoms with E-state index >= 15 is 0 Å². The van der Waals surface area contributed by atoms with Gasteiger partial charge in [0.05, 0.1) is 6.61 Å². The van der Waals surface area contributed by atoms with Crippen LogP contribution in [0.5, 0.6) is 0 Å². The third-order valence-electron chi connectivity index (χ3n) is 15.9. The summed E-state index contributed by atoms with van der Waals surface area (Å²) in [5, 5.41) is 0.